The predicted molar refractivity (Wildman–Crippen MR) is 80.6 cm³/mol. The summed E-state index contributed by atoms with van der Waals surface area (Å²) in [6.45, 7) is 7.55. The van der Waals surface area contributed by atoms with Crippen LogP contribution >= 0.6 is 24.2 Å². The molecule has 0 aromatic rings. The molecule has 2 aliphatic rings. The maximum atomic E-state index is 12.2. The summed E-state index contributed by atoms with van der Waals surface area (Å²) in [5, 5.41) is 3.44. The largest absolute Gasteiger partial charge is 0.343 e. The Hall–Kier alpha value is 0.0700. The second-order valence-electron chi connectivity index (χ2n) is 5.98. The van der Waals surface area contributed by atoms with E-state index in [2.05, 4.69) is 24.1 Å². The van der Waals surface area contributed by atoms with Gasteiger partial charge in [-0.25, -0.2) is 0 Å². The van der Waals surface area contributed by atoms with E-state index in [4.69, 9.17) is 0 Å². The number of nitrogens with zero attached hydrogens (tertiary/aromatic N) is 1. The molecule has 0 aromatic heterocycles. The zero-order valence-electron chi connectivity index (χ0n) is 11.4. The number of carbonyl (C=O) groups is 1. The summed E-state index contributed by atoms with van der Waals surface area (Å²) in [6.07, 6.45) is 2.98. The highest BCUT2D eigenvalue weighted by Crippen LogP contribution is 2.30. The molecule has 5 heteroatoms. The molecule has 0 aromatic carbocycles. The van der Waals surface area contributed by atoms with Gasteiger partial charge in [-0.15, -0.1) is 12.4 Å². The van der Waals surface area contributed by atoms with Crippen molar-refractivity contribution in [3.05, 3.63) is 0 Å². The van der Waals surface area contributed by atoms with E-state index in [1.807, 2.05) is 11.8 Å². The first-order chi connectivity index (χ1) is 8.07. The van der Waals surface area contributed by atoms with Crippen molar-refractivity contribution in [1.82, 2.24) is 10.2 Å². The summed E-state index contributed by atoms with van der Waals surface area (Å²) < 4.78 is 0. The van der Waals surface area contributed by atoms with Crippen molar-refractivity contribution in [2.24, 2.45) is 5.41 Å². The van der Waals surface area contributed by atoms with Crippen LogP contribution in [0.25, 0.3) is 0 Å². The van der Waals surface area contributed by atoms with E-state index < -0.39 is 0 Å². The Labute approximate surface area is 121 Å². The van der Waals surface area contributed by atoms with Crippen LogP contribution in [0, 0.1) is 5.41 Å². The molecule has 0 radical (unpaired) electrons. The maximum absolute atomic E-state index is 12.2. The highest BCUT2D eigenvalue weighted by atomic mass is 35.5. The lowest BCUT2D eigenvalue weighted by Gasteiger charge is -2.37. The summed E-state index contributed by atoms with van der Waals surface area (Å²) >= 11 is 1.96. The SMILES string of the molecule is CC1(C)CCN(C(=O)CC2CSCCN2)CC1.Cl. The molecule has 2 heterocycles. The first-order valence-electron chi connectivity index (χ1n) is 6.66. The molecule has 1 unspecified atom stereocenters. The van der Waals surface area contributed by atoms with Crippen LogP contribution in [0.1, 0.15) is 33.1 Å². The van der Waals surface area contributed by atoms with Gasteiger partial charge >= 0.3 is 0 Å². The molecule has 2 aliphatic heterocycles. The minimum atomic E-state index is 0. The Kier molecular flexibility index (Phi) is 6.28. The monoisotopic (exact) mass is 292 g/mol. The van der Waals surface area contributed by atoms with Gasteiger partial charge in [0.1, 0.15) is 0 Å². The van der Waals surface area contributed by atoms with Crippen molar-refractivity contribution < 1.29 is 4.79 Å². The summed E-state index contributed by atoms with van der Waals surface area (Å²) in [5.41, 5.74) is 0.426. The van der Waals surface area contributed by atoms with Gasteiger partial charge in [0.2, 0.25) is 5.91 Å². The fourth-order valence-electron chi connectivity index (χ4n) is 2.45. The first kappa shape index (κ1) is 16.1. The van der Waals surface area contributed by atoms with Gasteiger partial charge in [-0.1, -0.05) is 13.8 Å². The summed E-state index contributed by atoms with van der Waals surface area (Å²) in [7, 11) is 0. The van der Waals surface area contributed by atoms with Crippen LogP contribution in [-0.2, 0) is 4.79 Å². The van der Waals surface area contributed by atoms with Crippen LogP contribution in [0.2, 0.25) is 0 Å². The lowest BCUT2D eigenvalue weighted by Crippen LogP contribution is -2.45. The quantitative estimate of drug-likeness (QED) is 0.846. The number of halogens is 1. The van der Waals surface area contributed by atoms with Crippen molar-refractivity contribution in [2.45, 2.75) is 39.2 Å². The number of piperidine rings is 1. The predicted octanol–water partition coefficient (Wildman–Crippen LogP) is 2.15. The normalized spacial score (nSPS) is 27.4. The van der Waals surface area contributed by atoms with E-state index in [0.717, 1.165) is 38.2 Å². The topological polar surface area (TPSA) is 32.3 Å². The maximum Gasteiger partial charge on any atom is 0.224 e. The molecule has 106 valence electrons. The van der Waals surface area contributed by atoms with Crippen LogP contribution in [0.4, 0.5) is 0 Å². The molecule has 0 saturated carbocycles. The zero-order chi connectivity index (χ0) is 12.3. The molecule has 0 aliphatic carbocycles. The standard InChI is InChI=1S/C13H24N2OS.ClH/c1-13(2)3-6-15(7-4-13)12(16)9-11-10-17-8-5-14-11;/h11,14H,3-10H2,1-2H3;1H. The molecule has 18 heavy (non-hydrogen) atoms. The summed E-state index contributed by atoms with van der Waals surface area (Å²) in [4.78, 5) is 14.2. The lowest BCUT2D eigenvalue weighted by molar-refractivity contribution is -0.133. The van der Waals surface area contributed by atoms with Gasteiger partial charge in [-0.05, 0) is 18.3 Å². The number of thioether (sulfide) groups is 1. The third kappa shape index (κ3) is 4.63. The Morgan fingerprint density at radius 3 is 2.61 bits per heavy atom. The van der Waals surface area contributed by atoms with Gasteiger partial charge in [0, 0.05) is 43.6 Å². The molecular weight excluding hydrogens is 268 g/mol. The van der Waals surface area contributed by atoms with Gasteiger partial charge in [-0.3, -0.25) is 4.79 Å². The van der Waals surface area contributed by atoms with Crippen LogP contribution in [0.3, 0.4) is 0 Å². The minimum Gasteiger partial charge on any atom is -0.343 e. The number of likely N-dealkylation sites (tertiary alicyclic amines) is 1. The number of amides is 1. The van der Waals surface area contributed by atoms with E-state index in [1.165, 1.54) is 5.75 Å². The number of carbonyl (C=O) groups excluding carboxylic acids is 1. The fourth-order valence-corrected chi connectivity index (χ4v) is 3.40. The van der Waals surface area contributed by atoms with E-state index >= 15 is 0 Å². The number of hydrogen-bond acceptors (Lipinski definition) is 3. The Balaban J connectivity index is 0.00000162. The van der Waals surface area contributed by atoms with Crippen LogP contribution in [0.5, 0.6) is 0 Å². The van der Waals surface area contributed by atoms with Crippen LogP contribution in [0.15, 0.2) is 0 Å². The van der Waals surface area contributed by atoms with Crippen molar-refractivity contribution in [2.75, 3.05) is 31.1 Å². The Morgan fingerprint density at radius 1 is 1.39 bits per heavy atom. The van der Waals surface area contributed by atoms with E-state index in [-0.39, 0.29) is 12.4 Å². The van der Waals surface area contributed by atoms with Crippen molar-refractivity contribution in [3.63, 3.8) is 0 Å². The summed E-state index contributed by atoms with van der Waals surface area (Å²) in [6, 6.07) is 0.399. The number of hydrogen-bond donors (Lipinski definition) is 1. The molecular formula is C13H25ClN2OS. The molecule has 0 spiro atoms. The van der Waals surface area contributed by atoms with Crippen molar-refractivity contribution in [3.8, 4) is 0 Å². The van der Waals surface area contributed by atoms with E-state index in [0.29, 0.717) is 23.8 Å². The average Bonchev–Trinajstić information content (AvgIpc) is 2.30. The number of nitrogens with one attached hydrogen (secondary N) is 1. The molecule has 1 N–H and O–H groups in total. The smallest absolute Gasteiger partial charge is 0.224 e. The molecule has 1 amide bonds. The van der Waals surface area contributed by atoms with Crippen molar-refractivity contribution in [1.29, 1.82) is 0 Å². The molecule has 2 fully saturated rings. The van der Waals surface area contributed by atoms with Gasteiger partial charge in [0.05, 0.1) is 0 Å². The van der Waals surface area contributed by atoms with E-state index in [9.17, 15) is 4.79 Å². The van der Waals surface area contributed by atoms with Gasteiger partial charge < -0.3 is 10.2 Å². The third-order valence-corrected chi connectivity index (χ3v) is 5.02. The average molecular weight is 293 g/mol. The van der Waals surface area contributed by atoms with Crippen LogP contribution in [-0.4, -0.2) is 48.0 Å². The van der Waals surface area contributed by atoms with Gasteiger partial charge in [0.15, 0.2) is 0 Å². The highest BCUT2D eigenvalue weighted by Gasteiger charge is 2.28. The lowest BCUT2D eigenvalue weighted by atomic mass is 9.82. The molecule has 0 bridgehead atoms. The van der Waals surface area contributed by atoms with Crippen LogP contribution < -0.4 is 5.32 Å². The Bertz CT molecular complexity index is 270. The van der Waals surface area contributed by atoms with Gasteiger partial charge in [0.25, 0.3) is 0 Å². The zero-order valence-corrected chi connectivity index (χ0v) is 13.0. The second kappa shape index (κ2) is 7.01. The minimum absolute atomic E-state index is 0. The highest BCUT2D eigenvalue weighted by molar-refractivity contribution is 7.99. The number of rotatable bonds is 2. The summed E-state index contributed by atoms with van der Waals surface area (Å²) in [5.74, 6) is 2.62. The second-order valence-corrected chi connectivity index (χ2v) is 7.12. The Morgan fingerprint density at radius 2 is 2.06 bits per heavy atom. The molecule has 2 saturated heterocycles. The third-order valence-electron chi connectivity index (χ3n) is 3.89. The van der Waals surface area contributed by atoms with Crippen molar-refractivity contribution >= 4 is 30.1 Å². The molecule has 2 rings (SSSR count). The molecule has 1 atom stereocenters. The fraction of sp³-hybridized carbons (Fsp3) is 0.923. The van der Waals surface area contributed by atoms with E-state index in [1.54, 1.807) is 0 Å². The first-order valence-corrected chi connectivity index (χ1v) is 7.81. The molecule has 3 nitrogen and oxygen atoms in total. The van der Waals surface area contributed by atoms with Gasteiger partial charge in [-0.2, -0.15) is 11.8 Å².